The van der Waals surface area contributed by atoms with E-state index >= 15 is 0 Å². The van der Waals surface area contributed by atoms with E-state index in [4.69, 9.17) is 21.0 Å². The first kappa shape index (κ1) is 32.4. The first-order valence-electron chi connectivity index (χ1n) is 12.9. The molecule has 0 rings (SSSR count). The summed E-state index contributed by atoms with van der Waals surface area (Å²) in [5, 5.41) is 20.2. The Morgan fingerprint density at radius 2 is 1.03 bits per heavy atom. The van der Waals surface area contributed by atoms with Crippen LogP contribution in [0.3, 0.4) is 0 Å². The minimum absolute atomic E-state index is 0.0113. The average molecular weight is 457 g/mol. The highest BCUT2D eigenvalue weighted by molar-refractivity contribution is 5.75. The number of amides is 1. The smallest absolute Gasteiger partial charge is 0.300 e. The molecule has 0 aliphatic heterocycles. The standard InChI is InChI=1S/C23H48N4O.C2H4O2/c1-2-3-4-5-6-7-8-9-10-11-12-13-14-15-16-19-22(28)26-20-17-18-21-27-23(24)25;1-2(3)4/h2-21H2,1H3,(H,26,28)(H4,24,25,27);1H3,(H,3,4). The third-order valence-corrected chi connectivity index (χ3v) is 5.25. The molecule has 0 aliphatic carbocycles. The molecule has 0 saturated carbocycles. The van der Waals surface area contributed by atoms with Crippen LogP contribution in [-0.4, -0.2) is 36.0 Å². The van der Waals surface area contributed by atoms with E-state index in [1.165, 1.54) is 89.9 Å². The maximum atomic E-state index is 11.7. The summed E-state index contributed by atoms with van der Waals surface area (Å²) in [6, 6.07) is 0. The Morgan fingerprint density at radius 1 is 0.688 bits per heavy atom. The molecule has 0 saturated heterocycles. The lowest BCUT2D eigenvalue weighted by Crippen LogP contribution is -2.31. The summed E-state index contributed by atoms with van der Waals surface area (Å²) < 4.78 is 0. The van der Waals surface area contributed by atoms with E-state index in [2.05, 4.69) is 17.6 Å². The number of nitrogens with two attached hydrogens (primary N) is 1. The molecule has 0 heterocycles. The van der Waals surface area contributed by atoms with Crippen molar-refractivity contribution in [2.24, 2.45) is 5.73 Å². The van der Waals surface area contributed by atoms with Gasteiger partial charge in [0, 0.05) is 26.4 Å². The number of guanidine groups is 1. The normalized spacial score (nSPS) is 10.2. The fourth-order valence-electron chi connectivity index (χ4n) is 3.45. The van der Waals surface area contributed by atoms with Gasteiger partial charge in [-0.3, -0.25) is 15.0 Å². The van der Waals surface area contributed by atoms with Gasteiger partial charge in [-0.1, -0.05) is 96.8 Å². The van der Waals surface area contributed by atoms with Gasteiger partial charge in [0.05, 0.1) is 0 Å². The van der Waals surface area contributed by atoms with Crippen molar-refractivity contribution >= 4 is 17.8 Å². The number of carbonyl (C=O) groups is 2. The maximum absolute atomic E-state index is 11.7. The zero-order chi connectivity index (χ0) is 24.3. The Hall–Kier alpha value is -1.79. The lowest BCUT2D eigenvalue weighted by atomic mass is 10.0. The molecule has 0 aromatic rings. The van der Waals surface area contributed by atoms with E-state index in [9.17, 15) is 4.79 Å². The van der Waals surface area contributed by atoms with E-state index in [0.29, 0.717) is 13.0 Å². The second-order valence-electron chi connectivity index (χ2n) is 8.62. The van der Waals surface area contributed by atoms with Gasteiger partial charge in [0.25, 0.3) is 5.97 Å². The van der Waals surface area contributed by atoms with E-state index < -0.39 is 5.97 Å². The van der Waals surface area contributed by atoms with E-state index in [0.717, 1.165) is 32.7 Å². The average Bonchev–Trinajstić information content (AvgIpc) is 2.72. The molecule has 0 aromatic carbocycles. The Morgan fingerprint density at radius 3 is 1.41 bits per heavy atom. The molecule has 0 aliphatic rings. The molecule has 0 radical (unpaired) electrons. The third kappa shape index (κ3) is 35.6. The number of unbranched alkanes of at least 4 members (excludes halogenated alkanes) is 15. The van der Waals surface area contributed by atoms with Crippen molar-refractivity contribution in [1.82, 2.24) is 10.6 Å². The van der Waals surface area contributed by atoms with Gasteiger partial charge in [0.1, 0.15) is 0 Å². The first-order valence-corrected chi connectivity index (χ1v) is 12.9. The quantitative estimate of drug-likeness (QED) is 0.0857. The number of hydrogen-bond acceptors (Lipinski definition) is 3. The minimum Gasteiger partial charge on any atom is -0.481 e. The predicted molar refractivity (Wildman–Crippen MR) is 135 cm³/mol. The fraction of sp³-hybridized carbons (Fsp3) is 0.880. The van der Waals surface area contributed by atoms with Crippen molar-refractivity contribution in [2.45, 2.75) is 129 Å². The number of aliphatic carboxylic acids is 1. The van der Waals surface area contributed by atoms with Crippen LogP contribution in [0.4, 0.5) is 0 Å². The highest BCUT2D eigenvalue weighted by Crippen LogP contribution is 2.13. The van der Waals surface area contributed by atoms with Crippen molar-refractivity contribution in [3.8, 4) is 0 Å². The highest BCUT2D eigenvalue weighted by Gasteiger charge is 2.00. The molecule has 0 atom stereocenters. The second kappa shape index (κ2) is 27.2. The minimum atomic E-state index is -0.833. The number of rotatable bonds is 21. The molecule has 0 bridgehead atoms. The summed E-state index contributed by atoms with van der Waals surface area (Å²) in [4.78, 5) is 20.7. The van der Waals surface area contributed by atoms with Gasteiger partial charge in [0.15, 0.2) is 5.96 Å². The van der Waals surface area contributed by atoms with Gasteiger partial charge >= 0.3 is 0 Å². The topological polar surface area (TPSA) is 128 Å². The van der Waals surface area contributed by atoms with Crippen LogP contribution in [0.25, 0.3) is 0 Å². The third-order valence-electron chi connectivity index (χ3n) is 5.25. The van der Waals surface area contributed by atoms with Crippen LogP contribution in [0, 0.1) is 5.41 Å². The molecule has 7 nitrogen and oxygen atoms in total. The Kier molecular flexibility index (Phi) is 27.6. The van der Waals surface area contributed by atoms with Crippen LogP contribution in [0.5, 0.6) is 0 Å². The molecule has 1 amide bonds. The summed E-state index contributed by atoms with van der Waals surface area (Å²) in [5.74, 6) is -0.647. The number of nitrogens with one attached hydrogen (secondary N) is 3. The van der Waals surface area contributed by atoms with Crippen molar-refractivity contribution in [3.05, 3.63) is 0 Å². The van der Waals surface area contributed by atoms with E-state index in [1.807, 2.05) is 0 Å². The molecule has 32 heavy (non-hydrogen) atoms. The van der Waals surface area contributed by atoms with Crippen LogP contribution in [-0.2, 0) is 9.59 Å². The van der Waals surface area contributed by atoms with Gasteiger partial charge in [-0.2, -0.15) is 0 Å². The Labute approximate surface area is 197 Å². The monoisotopic (exact) mass is 456 g/mol. The molecule has 0 spiro atoms. The molecule has 7 heteroatoms. The largest absolute Gasteiger partial charge is 0.481 e. The first-order chi connectivity index (χ1) is 15.4. The molecule has 0 aromatic heterocycles. The van der Waals surface area contributed by atoms with Gasteiger partial charge in [0.2, 0.25) is 5.91 Å². The fourth-order valence-corrected chi connectivity index (χ4v) is 3.45. The number of hydrogen-bond donors (Lipinski definition) is 5. The lowest BCUT2D eigenvalue weighted by Gasteiger charge is -2.06. The zero-order valence-corrected chi connectivity index (χ0v) is 21.0. The highest BCUT2D eigenvalue weighted by atomic mass is 16.4. The van der Waals surface area contributed by atoms with Crippen molar-refractivity contribution in [2.75, 3.05) is 13.1 Å². The van der Waals surface area contributed by atoms with Crippen molar-refractivity contribution < 1.29 is 14.7 Å². The summed E-state index contributed by atoms with van der Waals surface area (Å²) in [6.07, 6.45) is 22.7. The Bertz CT molecular complexity index is 441. The predicted octanol–water partition coefficient (Wildman–Crippen LogP) is 5.72. The van der Waals surface area contributed by atoms with Crippen molar-refractivity contribution in [1.29, 1.82) is 5.41 Å². The van der Waals surface area contributed by atoms with Gasteiger partial charge < -0.3 is 21.5 Å². The van der Waals surface area contributed by atoms with Crippen molar-refractivity contribution in [3.63, 3.8) is 0 Å². The molecule has 0 unspecified atom stereocenters. The summed E-state index contributed by atoms with van der Waals surface area (Å²) in [5.41, 5.74) is 5.21. The lowest BCUT2D eigenvalue weighted by molar-refractivity contribution is -0.134. The zero-order valence-electron chi connectivity index (χ0n) is 21.0. The van der Waals surface area contributed by atoms with Crippen LogP contribution in [0.15, 0.2) is 0 Å². The van der Waals surface area contributed by atoms with Gasteiger partial charge in [-0.25, -0.2) is 0 Å². The van der Waals surface area contributed by atoms with Crippen LogP contribution >= 0.6 is 0 Å². The summed E-state index contributed by atoms with van der Waals surface area (Å²) >= 11 is 0. The summed E-state index contributed by atoms with van der Waals surface area (Å²) in [6.45, 7) is 4.78. The van der Waals surface area contributed by atoms with E-state index in [-0.39, 0.29) is 11.9 Å². The SMILES string of the molecule is CC(=O)O.CCCCCCCCCCCCCCCCCC(=O)NCCCCNC(=N)N. The second-order valence-corrected chi connectivity index (χ2v) is 8.62. The van der Waals surface area contributed by atoms with Gasteiger partial charge in [-0.15, -0.1) is 0 Å². The van der Waals surface area contributed by atoms with Crippen LogP contribution < -0.4 is 16.4 Å². The molecule has 6 N–H and O–H groups in total. The molecule has 0 fully saturated rings. The number of carboxylic acid groups (broad SMARTS) is 1. The van der Waals surface area contributed by atoms with E-state index in [1.54, 1.807) is 0 Å². The maximum Gasteiger partial charge on any atom is 0.300 e. The molecular formula is C25H52N4O3. The molecule has 190 valence electrons. The van der Waals surface area contributed by atoms with Gasteiger partial charge in [-0.05, 0) is 19.3 Å². The number of carboxylic acids is 1. The number of carbonyl (C=O) groups excluding carboxylic acids is 1. The Balaban J connectivity index is 0. The summed E-state index contributed by atoms with van der Waals surface area (Å²) in [7, 11) is 0. The van der Waals surface area contributed by atoms with Crippen LogP contribution in [0.1, 0.15) is 129 Å². The molecular weight excluding hydrogens is 404 g/mol. The van der Waals surface area contributed by atoms with Crippen LogP contribution in [0.2, 0.25) is 0 Å².